The van der Waals surface area contributed by atoms with Gasteiger partial charge in [0.05, 0.1) is 10.2 Å². The topological polar surface area (TPSA) is 68.6 Å². The average Bonchev–Trinajstić information content (AvgIpc) is 3.23. The van der Waals surface area contributed by atoms with E-state index in [0.29, 0.717) is 10.7 Å². The van der Waals surface area contributed by atoms with Crippen LogP contribution >= 0.6 is 11.3 Å². The van der Waals surface area contributed by atoms with Gasteiger partial charge in [0, 0.05) is 5.56 Å². The molecule has 0 saturated heterocycles. The zero-order valence-corrected chi connectivity index (χ0v) is 18.7. The first-order valence-corrected chi connectivity index (χ1v) is 12.2. The third-order valence-electron chi connectivity index (χ3n) is 5.08. The summed E-state index contributed by atoms with van der Waals surface area (Å²) in [6.07, 6.45) is 0. The second-order valence-corrected chi connectivity index (χ2v) is 9.85. The van der Waals surface area contributed by atoms with Crippen molar-refractivity contribution in [2.24, 2.45) is 5.16 Å². The Kier molecular flexibility index (Phi) is 5.20. The Labute approximate surface area is 189 Å². The summed E-state index contributed by atoms with van der Waals surface area (Å²) in [5.41, 5.74) is 2.90. The molecular formula is C25H18N2O3S2. The number of benzene rings is 4. The van der Waals surface area contributed by atoms with E-state index in [1.165, 1.54) is 23.5 Å². The number of thiazole rings is 1. The Morgan fingerprint density at radius 3 is 2.41 bits per heavy atom. The van der Waals surface area contributed by atoms with Crippen LogP contribution in [0.15, 0.2) is 101 Å². The Hall–Kier alpha value is -3.55. The number of oxime groups is 1. The van der Waals surface area contributed by atoms with E-state index in [-0.39, 0.29) is 4.90 Å². The van der Waals surface area contributed by atoms with E-state index in [1.54, 1.807) is 12.1 Å². The molecule has 32 heavy (non-hydrogen) atoms. The lowest BCUT2D eigenvalue weighted by atomic mass is 10.0. The van der Waals surface area contributed by atoms with E-state index >= 15 is 0 Å². The van der Waals surface area contributed by atoms with Gasteiger partial charge in [-0.05, 0) is 42.0 Å². The van der Waals surface area contributed by atoms with Crippen molar-refractivity contribution in [2.45, 2.75) is 11.8 Å². The Bertz CT molecular complexity index is 1530. The SMILES string of the molecule is Cc1ccc(S(=O)(=O)O/N=C(/c2nc3ccccc3s2)c2cccc3ccccc23)cc1. The third kappa shape index (κ3) is 3.88. The molecule has 5 aromatic rings. The van der Waals surface area contributed by atoms with Crippen molar-refractivity contribution < 1.29 is 12.7 Å². The van der Waals surface area contributed by atoms with Crippen molar-refractivity contribution in [3.8, 4) is 0 Å². The highest BCUT2D eigenvalue weighted by Gasteiger charge is 2.20. The highest BCUT2D eigenvalue weighted by atomic mass is 32.2. The third-order valence-corrected chi connectivity index (χ3v) is 7.24. The summed E-state index contributed by atoms with van der Waals surface area (Å²) in [6.45, 7) is 1.89. The van der Waals surface area contributed by atoms with Crippen LogP contribution in [0.1, 0.15) is 16.1 Å². The molecule has 0 fully saturated rings. The molecule has 0 aliphatic rings. The second kappa shape index (κ2) is 8.18. The van der Waals surface area contributed by atoms with Gasteiger partial charge in [-0.15, -0.1) is 11.3 Å². The van der Waals surface area contributed by atoms with E-state index in [9.17, 15) is 8.42 Å². The van der Waals surface area contributed by atoms with Gasteiger partial charge in [0.15, 0.2) is 0 Å². The maximum atomic E-state index is 12.8. The van der Waals surface area contributed by atoms with Crippen molar-refractivity contribution in [2.75, 3.05) is 0 Å². The zero-order valence-electron chi connectivity index (χ0n) is 17.1. The summed E-state index contributed by atoms with van der Waals surface area (Å²) in [7, 11) is -4.08. The monoisotopic (exact) mass is 458 g/mol. The van der Waals surface area contributed by atoms with Crippen molar-refractivity contribution >= 4 is 48.2 Å². The van der Waals surface area contributed by atoms with Gasteiger partial charge < -0.3 is 0 Å². The summed E-state index contributed by atoms with van der Waals surface area (Å²) >= 11 is 1.44. The predicted molar refractivity (Wildman–Crippen MR) is 129 cm³/mol. The Balaban J connectivity index is 1.66. The van der Waals surface area contributed by atoms with Crippen LogP contribution in [0.4, 0.5) is 0 Å². The predicted octanol–water partition coefficient (Wildman–Crippen LogP) is 5.92. The van der Waals surface area contributed by atoms with Crippen LogP contribution in [0.25, 0.3) is 21.0 Å². The molecule has 0 bridgehead atoms. The fourth-order valence-corrected chi connectivity index (χ4v) is 5.13. The Morgan fingerprint density at radius 1 is 0.875 bits per heavy atom. The smallest absolute Gasteiger partial charge is 0.264 e. The number of fused-ring (bicyclic) bond motifs is 2. The minimum Gasteiger partial charge on any atom is -0.264 e. The highest BCUT2D eigenvalue weighted by molar-refractivity contribution is 7.86. The molecule has 158 valence electrons. The van der Waals surface area contributed by atoms with Crippen LogP contribution < -0.4 is 0 Å². The van der Waals surface area contributed by atoms with Gasteiger partial charge in [-0.3, -0.25) is 4.28 Å². The highest BCUT2D eigenvalue weighted by Crippen LogP contribution is 2.28. The molecule has 0 radical (unpaired) electrons. The van der Waals surface area contributed by atoms with Gasteiger partial charge in [0.1, 0.15) is 15.6 Å². The number of aromatic nitrogens is 1. The van der Waals surface area contributed by atoms with E-state index in [1.807, 2.05) is 73.7 Å². The number of hydrogen-bond acceptors (Lipinski definition) is 6. The molecule has 0 spiro atoms. The van der Waals surface area contributed by atoms with Gasteiger partial charge in [-0.25, -0.2) is 4.98 Å². The molecule has 4 aromatic carbocycles. The molecule has 0 unspecified atom stereocenters. The fourth-order valence-electron chi connectivity index (χ4n) is 3.44. The van der Waals surface area contributed by atoms with Crippen molar-refractivity contribution in [1.29, 1.82) is 0 Å². The molecular weight excluding hydrogens is 440 g/mol. The molecule has 5 nitrogen and oxygen atoms in total. The molecule has 5 rings (SSSR count). The second-order valence-electron chi connectivity index (χ2n) is 7.30. The molecule has 0 aliphatic carbocycles. The molecule has 0 aliphatic heterocycles. The van der Waals surface area contributed by atoms with Crippen molar-refractivity contribution in [3.63, 3.8) is 0 Å². The molecule has 1 heterocycles. The number of aryl methyl sites for hydroxylation is 1. The molecule has 0 saturated carbocycles. The molecule has 0 N–H and O–H groups in total. The number of hydrogen-bond donors (Lipinski definition) is 0. The quantitative estimate of drug-likeness (QED) is 0.242. The van der Waals surface area contributed by atoms with Crippen LogP contribution in [0.2, 0.25) is 0 Å². The summed E-state index contributed by atoms with van der Waals surface area (Å²) in [6, 6.07) is 27.9. The van der Waals surface area contributed by atoms with Gasteiger partial charge in [0.25, 0.3) is 0 Å². The minimum atomic E-state index is -4.08. The summed E-state index contributed by atoms with van der Waals surface area (Å²) in [5, 5.41) is 6.69. The molecule has 7 heteroatoms. The van der Waals surface area contributed by atoms with E-state index in [4.69, 9.17) is 9.27 Å². The number of nitrogens with zero attached hydrogens (tertiary/aromatic N) is 2. The molecule has 0 atom stereocenters. The first-order chi connectivity index (χ1) is 15.5. The van der Waals surface area contributed by atoms with Crippen molar-refractivity contribution in [1.82, 2.24) is 4.98 Å². The number of rotatable bonds is 5. The fraction of sp³-hybridized carbons (Fsp3) is 0.0400. The first kappa shape index (κ1) is 20.4. The van der Waals surface area contributed by atoms with Gasteiger partial charge in [-0.1, -0.05) is 77.4 Å². The van der Waals surface area contributed by atoms with Crippen molar-refractivity contribution in [3.05, 3.63) is 107 Å². The van der Waals surface area contributed by atoms with Gasteiger partial charge in [-0.2, -0.15) is 8.42 Å². The average molecular weight is 459 g/mol. The first-order valence-electron chi connectivity index (χ1n) is 9.94. The van der Waals surface area contributed by atoms with Crippen LogP contribution in [0.3, 0.4) is 0 Å². The normalized spacial score (nSPS) is 12.3. The summed E-state index contributed by atoms with van der Waals surface area (Å²) in [4.78, 5) is 4.74. The molecule has 1 aromatic heterocycles. The minimum absolute atomic E-state index is 0.0495. The summed E-state index contributed by atoms with van der Waals surface area (Å²) < 4.78 is 31.8. The lowest BCUT2D eigenvalue weighted by molar-refractivity contribution is 0.339. The maximum absolute atomic E-state index is 12.8. The van der Waals surface area contributed by atoms with Gasteiger partial charge in [0.2, 0.25) is 0 Å². The Morgan fingerprint density at radius 2 is 1.59 bits per heavy atom. The van der Waals surface area contributed by atoms with Crippen LogP contribution in [0.5, 0.6) is 0 Å². The lowest BCUT2D eigenvalue weighted by Crippen LogP contribution is -2.09. The van der Waals surface area contributed by atoms with E-state index in [2.05, 4.69) is 5.16 Å². The maximum Gasteiger partial charge on any atom is 0.358 e. The van der Waals surface area contributed by atoms with Crippen LogP contribution in [0, 0.1) is 6.92 Å². The van der Waals surface area contributed by atoms with E-state index < -0.39 is 10.1 Å². The standard InChI is InChI=1S/C25H18N2O3S2/c1-17-13-15-19(16-14-17)32(28,29)30-27-24(25-26-22-11-4-5-12-23(22)31-25)21-10-6-8-18-7-2-3-9-20(18)21/h2-16H,1H3/b27-24+. The summed E-state index contributed by atoms with van der Waals surface area (Å²) in [5.74, 6) is 0. The largest absolute Gasteiger partial charge is 0.358 e. The molecule has 0 amide bonds. The number of para-hydroxylation sites is 1. The zero-order chi connectivity index (χ0) is 22.1. The van der Waals surface area contributed by atoms with Gasteiger partial charge >= 0.3 is 10.1 Å². The lowest BCUT2D eigenvalue weighted by Gasteiger charge is -2.08. The van der Waals surface area contributed by atoms with E-state index in [0.717, 1.165) is 32.1 Å². The van der Waals surface area contributed by atoms with Crippen LogP contribution in [-0.4, -0.2) is 19.1 Å². The van der Waals surface area contributed by atoms with Crippen LogP contribution in [-0.2, 0) is 14.4 Å².